The summed E-state index contributed by atoms with van der Waals surface area (Å²) in [4.78, 5) is 27.9. The summed E-state index contributed by atoms with van der Waals surface area (Å²) in [5, 5.41) is 8.52. The Balaban J connectivity index is 1.40. The van der Waals surface area contributed by atoms with Crippen molar-refractivity contribution in [1.82, 2.24) is 24.4 Å². The van der Waals surface area contributed by atoms with E-state index in [0.29, 0.717) is 37.6 Å². The summed E-state index contributed by atoms with van der Waals surface area (Å²) in [6, 6.07) is 0. The number of ether oxygens (including phenoxy) is 1. The van der Waals surface area contributed by atoms with E-state index in [1.807, 2.05) is 18.7 Å². The molecule has 0 N–H and O–H groups in total. The van der Waals surface area contributed by atoms with Gasteiger partial charge in [-0.1, -0.05) is 5.16 Å². The highest BCUT2D eigenvalue weighted by Gasteiger charge is 2.31. The zero-order valence-corrected chi connectivity index (χ0v) is 18.1. The monoisotopic (exact) mass is 417 g/mol. The predicted octanol–water partition coefficient (Wildman–Crippen LogP) is 1.54. The van der Waals surface area contributed by atoms with Crippen molar-refractivity contribution >= 4 is 5.91 Å². The standard InChI is InChI=1S/C21H31N5O4/c1-14-18(15(2)30-23-14)12-26-21(28)25-11-8-17(4-5-19(25)22-26)20(27)24-9-6-16(7-10-24)13-29-3/h16-17H,4-13H2,1-3H3. The third-order valence-corrected chi connectivity index (χ3v) is 6.58. The van der Waals surface area contributed by atoms with Gasteiger partial charge in [0.15, 0.2) is 0 Å². The van der Waals surface area contributed by atoms with Crippen LogP contribution in [-0.4, -0.2) is 57.1 Å². The molecule has 2 aromatic rings. The molecular formula is C21H31N5O4. The van der Waals surface area contributed by atoms with E-state index in [-0.39, 0.29) is 17.5 Å². The van der Waals surface area contributed by atoms with Gasteiger partial charge in [0.1, 0.15) is 11.6 Å². The number of aromatic nitrogens is 4. The van der Waals surface area contributed by atoms with Crippen molar-refractivity contribution in [2.45, 2.75) is 59.0 Å². The van der Waals surface area contributed by atoms with Gasteiger partial charge in [-0.25, -0.2) is 9.48 Å². The van der Waals surface area contributed by atoms with E-state index in [0.717, 1.165) is 56.0 Å². The second kappa shape index (κ2) is 8.75. The van der Waals surface area contributed by atoms with Crippen molar-refractivity contribution in [3.63, 3.8) is 0 Å². The van der Waals surface area contributed by atoms with E-state index in [1.165, 1.54) is 4.68 Å². The van der Waals surface area contributed by atoms with Crippen molar-refractivity contribution in [2.24, 2.45) is 11.8 Å². The summed E-state index contributed by atoms with van der Waals surface area (Å²) in [6.07, 6.45) is 4.06. The van der Waals surface area contributed by atoms with Gasteiger partial charge in [0.2, 0.25) is 5.91 Å². The number of methoxy groups -OCH3 is 1. The zero-order chi connectivity index (χ0) is 21.3. The Morgan fingerprint density at radius 2 is 1.93 bits per heavy atom. The lowest BCUT2D eigenvalue weighted by atomic mass is 9.94. The molecule has 1 atom stereocenters. The third-order valence-electron chi connectivity index (χ3n) is 6.58. The minimum atomic E-state index is -0.126. The van der Waals surface area contributed by atoms with E-state index < -0.39 is 0 Å². The average Bonchev–Trinajstić information content (AvgIpc) is 3.12. The van der Waals surface area contributed by atoms with Crippen LogP contribution in [0.4, 0.5) is 0 Å². The van der Waals surface area contributed by atoms with Gasteiger partial charge in [-0.05, 0) is 45.4 Å². The molecule has 2 aromatic heterocycles. The summed E-state index contributed by atoms with van der Waals surface area (Å²) in [7, 11) is 1.73. The van der Waals surface area contributed by atoms with E-state index >= 15 is 0 Å². The molecule has 2 aliphatic heterocycles. The number of fused-ring (bicyclic) bond motifs is 1. The van der Waals surface area contributed by atoms with E-state index in [1.54, 1.807) is 11.7 Å². The zero-order valence-electron chi connectivity index (χ0n) is 18.1. The first kappa shape index (κ1) is 20.8. The highest BCUT2D eigenvalue weighted by molar-refractivity contribution is 5.79. The van der Waals surface area contributed by atoms with Crippen molar-refractivity contribution in [3.8, 4) is 0 Å². The van der Waals surface area contributed by atoms with E-state index in [9.17, 15) is 9.59 Å². The normalized spacial score (nSPS) is 20.2. The van der Waals surface area contributed by atoms with E-state index in [2.05, 4.69) is 10.3 Å². The average molecular weight is 418 g/mol. The first-order valence-corrected chi connectivity index (χ1v) is 10.8. The van der Waals surface area contributed by atoms with Gasteiger partial charge in [-0.3, -0.25) is 9.36 Å². The Bertz CT molecular complexity index is 932. The Kier molecular flexibility index (Phi) is 6.08. The van der Waals surface area contributed by atoms with Crippen LogP contribution in [0.15, 0.2) is 9.32 Å². The van der Waals surface area contributed by atoms with Gasteiger partial charge < -0.3 is 14.2 Å². The summed E-state index contributed by atoms with van der Waals surface area (Å²) < 4.78 is 13.7. The van der Waals surface area contributed by atoms with Crippen LogP contribution in [0.1, 0.15) is 48.5 Å². The fourth-order valence-corrected chi connectivity index (χ4v) is 4.67. The topological polar surface area (TPSA) is 95.4 Å². The summed E-state index contributed by atoms with van der Waals surface area (Å²) in [6.45, 7) is 6.98. The van der Waals surface area contributed by atoms with Gasteiger partial charge in [-0.2, -0.15) is 5.10 Å². The molecule has 0 spiro atoms. The molecule has 9 heteroatoms. The fourth-order valence-electron chi connectivity index (χ4n) is 4.67. The molecule has 1 fully saturated rings. The number of hydrogen-bond donors (Lipinski definition) is 0. The summed E-state index contributed by atoms with van der Waals surface area (Å²) in [5.74, 6) is 2.21. The van der Waals surface area contributed by atoms with Gasteiger partial charge in [0, 0.05) is 51.3 Å². The number of nitrogens with zero attached hydrogens (tertiary/aromatic N) is 5. The van der Waals surface area contributed by atoms with Crippen LogP contribution < -0.4 is 5.69 Å². The molecule has 164 valence electrons. The number of amides is 1. The molecule has 0 aromatic carbocycles. The smallest absolute Gasteiger partial charge is 0.346 e. The van der Waals surface area contributed by atoms with Crippen LogP contribution in [0.25, 0.3) is 0 Å². The molecule has 0 bridgehead atoms. The van der Waals surface area contributed by atoms with Crippen LogP contribution in [0.5, 0.6) is 0 Å². The molecular weight excluding hydrogens is 386 g/mol. The van der Waals surface area contributed by atoms with Gasteiger partial charge in [-0.15, -0.1) is 0 Å². The molecule has 30 heavy (non-hydrogen) atoms. The molecule has 1 unspecified atom stereocenters. The maximum Gasteiger partial charge on any atom is 0.346 e. The van der Waals surface area contributed by atoms with Crippen molar-refractivity contribution in [2.75, 3.05) is 26.8 Å². The second-order valence-electron chi connectivity index (χ2n) is 8.56. The van der Waals surface area contributed by atoms with Gasteiger partial charge >= 0.3 is 5.69 Å². The number of rotatable bonds is 5. The number of carbonyl (C=O) groups excluding carboxylic acids is 1. The molecule has 0 aliphatic carbocycles. The second-order valence-corrected chi connectivity index (χ2v) is 8.56. The Morgan fingerprint density at radius 1 is 1.17 bits per heavy atom. The van der Waals surface area contributed by atoms with Crippen LogP contribution in [0.3, 0.4) is 0 Å². The molecule has 1 amide bonds. The summed E-state index contributed by atoms with van der Waals surface area (Å²) in [5.41, 5.74) is 1.55. The molecule has 0 saturated carbocycles. The predicted molar refractivity (Wildman–Crippen MR) is 109 cm³/mol. The number of likely N-dealkylation sites (tertiary alicyclic amines) is 1. The molecule has 4 heterocycles. The molecule has 0 radical (unpaired) electrons. The highest BCUT2D eigenvalue weighted by atomic mass is 16.5. The Morgan fingerprint density at radius 3 is 2.60 bits per heavy atom. The minimum absolute atomic E-state index is 0.0407. The van der Waals surface area contributed by atoms with Crippen LogP contribution in [0, 0.1) is 25.7 Å². The Hall–Kier alpha value is -2.42. The van der Waals surface area contributed by atoms with E-state index in [4.69, 9.17) is 9.26 Å². The largest absolute Gasteiger partial charge is 0.384 e. The lowest BCUT2D eigenvalue weighted by molar-refractivity contribution is -0.137. The van der Waals surface area contributed by atoms with Crippen LogP contribution in [-0.2, 0) is 29.0 Å². The van der Waals surface area contributed by atoms with Crippen molar-refractivity contribution < 1.29 is 14.1 Å². The van der Waals surface area contributed by atoms with Crippen molar-refractivity contribution in [1.29, 1.82) is 0 Å². The fraction of sp³-hybridized carbons (Fsp3) is 0.714. The molecule has 4 rings (SSSR count). The third kappa shape index (κ3) is 4.08. The Labute approximate surface area is 176 Å². The summed E-state index contributed by atoms with van der Waals surface area (Å²) >= 11 is 0. The van der Waals surface area contributed by atoms with Crippen LogP contribution in [0.2, 0.25) is 0 Å². The van der Waals surface area contributed by atoms with Gasteiger partial charge in [0.25, 0.3) is 0 Å². The maximum atomic E-state index is 13.0. The first-order valence-electron chi connectivity index (χ1n) is 10.8. The SMILES string of the molecule is COCC1CCN(C(=O)C2CCc3nn(Cc4c(C)noc4C)c(=O)n3CC2)CC1. The van der Waals surface area contributed by atoms with Gasteiger partial charge in [0.05, 0.1) is 12.2 Å². The number of carbonyl (C=O) groups is 1. The lowest BCUT2D eigenvalue weighted by Crippen LogP contribution is -2.42. The highest BCUT2D eigenvalue weighted by Crippen LogP contribution is 2.24. The van der Waals surface area contributed by atoms with Crippen LogP contribution >= 0.6 is 0 Å². The lowest BCUT2D eigenvalue weighted by Gasteiger charge is -2.33. The molecule has 2 aliphatic rings. The molecule has 1 saturated heterocycles. The molecule has 9 nitrogen and oxygen atoms in total. The maximum absolute atomic E-state index is 13.0. The minimum Gasteiger partial charge on any atom is -0.384 e. The number of aryl methyl sites for hydroxylation is 3. The number of piperidine rings is 1. The first-order chi connectivity index (χ1) is 14.5. The quantitative estimate of drug-likeness (QED) is 0.732. The van der Waals surface area contributed by atoms with Crippen molar-refractivity contribution in [3.05, 3.63) is 33.3 Å². The number of hydrogen-bond acceptors (Lipinski definition) is 6.